The highest BCUT2D eigenvalue weighted by Crippen LogP contribution is 2.46. The van der Waals surface area contributed by atoms with Gasteiger partial charge in [-0.15, -0.1) is 0 Å². The molecule has 0 bridgehead atoms. The molecule has 2 heterocycles. The number of imide groups is 1. The van der Waals surface area contributed by atoms with Crippen LogP contribution in [0.2, 0.25) is 0 Å². The normalized spacial score (nSPS) is 28.0. The zero-order valence-electron chi connectivity index (χ0n) is 18.9. The van der Waals surface area contributed by atoms with Crippen LogP contribution in [0.5, 0.6) is 0 Å². The molecule has 3 aliphatic rings. The smallest absolute Gasteiger partial charge is 0.325 e. The lowest BCUT2D eigenvalue weighted by Gasteiger charge is -2.43. The van der Waals surface area contributed by atoms with E-state index in [4.69, 9.17) is 0 Å². The summed E-state index contributed by atoms with van der Waals surface area (Å²) in [6.07, 6.45) is 5.75. The van der Waals surface area contributed by atoms with Gasteiger partial charge in [-0.25, -0.2) is 4.79 Å². The summed E-state index contributed by atoms with van der Waals surface area (Å²) >= 11 is 0. The van der Waals surface area contributed by atoms with Crippen molar-refractivity contribution in [2.45, 2.75) is 64.8 Å². The molecule has 3 fully saturated rings. The van der Waals surface area contributed by atoms with E-state index in [-0.39, 0.29) is 23.8 Å². The minimum atomic E-state index is -0.885. The molecule has 0 radical (unpaired) electrons. The predicted octanol–water partition coefficient (Wildman–Crippen LogP) is 3.75. The summed E-state index contributed by atoms with van der Waals surface area (Å²) in [5, 5.41) is 5.87. The molecule has 1 aromatic carbocycles. The minimum absolute atomic E-state index is 0.0355. The number of urea groups is 1. The van der Waals surface area contributed by atoms with Crippen LogP contribution in [0.1, 0.15) is 59.3 Å². The lowest BCUT2D eigenvalue weighted by atomic mass is 9.64. The Balaban J connectivity index is 1.46. The van der Waals surface area contributed by atoms with Crippen LogP contribution >= 0.6 is 0 Å². The molecule has 1 spiro atoms. The van der Waals surface area contributed by atoms with E-state index in [9.17, 15) is 14.4 Å². The largest absolute Gasteiger partial charge is 0.370 e. The van der Waals surface area contributed by atoms with Crippen LogP contribution in [-0.4, -0.2) is 47.9 Å². The van der Waals surface area contributed by atoms with Gasteiger partial charge >= 0.3 is 6.03 Å². The van der Waals surface area contributed by atoms with Gasteiger partial charge in [0.15, 0.2) is 0 Å². The van der Waals surface area contributed by atoms with Gasteiger partial charge in [-0.05, 0) is 62.0 Å². The highest BCUT2D eigenvalue weighted by Gasteiger charge is 2.56. The Morgan fingerprint density at radius 1 is 1.13 bits per heavy atom. The predicted molar refractivity (Wildman–Crippen MR) is 121 cm³/mol. The zero-order chi connectivity index (χ0) is 22.2. The Labute approximate surface area is 184 Å². The number of para-hydroxylation sites is 2. The fraction of sp³-hybridized carbons (Fsp3) is 0.625. The first-order chi connectivity index (χ1) is 14.7. The van der Waals surface area contributed by atoms with Gasteiger partial charge in [0.25, 0.3) is 5.91 Å². The van der Waals surface area contributed by atoms with Gasteiger partial charge in [-0.2, -0.15) is 0 Å². The highest BCUT2D eigenvalue weighted by atomic mass is 16.2. The number of rotatable bonds is 4. The van der Waals surface area contributed by atoms with Crippen LogP contribution in [0.3, 0.4) is 0 Å². The summed E-state index contributed by atoms with van der Waals surface area (Å²) in [4.78, 5) is 42.2. The highest BCUT2D eigenvalue weighted by molar-refractivity contribution is 6.10. The molecule has 0 aromatic heterocycles. The summed E-state index contributed by atoms with van der Waals surface area (Å²) in [6.45, 7) is 8.06. The first-order valence-electron chi connectivity index (χ1n) is 11.5. The maximum Gasteiger partial charge on any atom is 0.325 e. The molecule has 7 heteroatoms. The van der Waals surface area contributed by atoms with E-state index in [1.807, 2.05) is 24.3 Å². The van der Waals surface area contributed by atoms with Gasteiger partial charge in [0.1, 0.15) is 12.1 Å². The molecular weight excluding hydrogens is 392 g/mol. The number of carbonyl (C=O) groups is 3. The summed E-state index contributed by atoms with van der Waals surface area (Å²) in [6, 6.07) is 7.27. The quantitative estimate of drug-likeness (QED) is 0.719. The fourth-order valence-corrected chi connectivity index (χ4v) is 5.97. The molecule has 168 valence electrons. The van der Waals surface area contributed by atoms with E-state index in [1.165, 1.54) is 6.42 Å². The van der Waals surface area contributed by atoms with Crippen molar-refractivity contribution in [3.63, 3.8) is 0 Å². The molecule has 31 heavy (non-hydrogen) atoms. The first-order valence-corrected chi connectivity index (χ1v) is 11.5. The van der Waals surface area contributed by atoms with Crippen molar-refractivity contribution >= 4 is 29.2 Å². The SMILES string of the molecule is CC1CC(C)(C)CC2(C1)NC(=O)N(CC(=O)Nc1ccccc1N1CCCCC1)C2=O. The van der Waals surface area contributed by atoms with Gasteiger partial charge < -0.3 is 15.5 Å². The number of carbonyl (C=O) groups excluding carboxylic acids is 3. The Bertz CT molecular complexity index is 877. The topological polar surface area (TPSA) is 81.8 Å². The van der Waals surface area contributed by atoms with Crippen LogP contribution in [0.4, 0.5) is 16.2 Å². The molecule has 4 rings (SSSR count). The minimum Gasteiger partial charge on any atom is -0.370 e. The maximum absolute atomic E-state index is 13.3. The number of nitrogens with zero attached hydrogens (tertiary/aromatic N) is 2. The molecule has 2 unspecified atom stereocenters. The van der Waals surface area contributed by atoms with Crippen molar-refractivity contribution < 1.29 is 14.4 Å². The van der Waals surface area contributed by atoms with E-state index in [0.717, 1.165) is 48.6 Å². The second-order valence-electron chi connectivity index (χ2n) is 10.4. The van der Waals surface area contributed by atoms with Crippen molar-refractivity contribution in [3.8, 4) is 0 Å². The van der Waals surface area contributed by atoms with Crippen LogP contribution in [0.15, 0.2) is 24.3 Å². The Morgan fingerprint density at radius 3 is 2.55 bits per heavy atom. The summed E-state index contributed by atoms with van der Waals surface area (Å²) < 4.78 is 0. The fourth-order valence-electron chi connectivity index (χ4n) is 5.97. The molecule has 2 N–H and O–H groups in total. The van der Waals surface area contributed by atoms with Crippen LogP contribution < -0.4 is 15.5 Å². The van der Waals surface area contributed by atoms with E-state index in [1.54, 1.807) is 0 Å². The van der Waals surface area contributed by atoms with Crippen molar-refractivity contribution in [1.29, 1.82) is 0 Å². The molecule has 1 aliphatic carbocycles. The lowest BCUT2D eigenvalue weighted by Crippen LogP contribution is -2.54. The number of hydrogen-bond acceptors (Lipinski definition) is 4. The number of nitrogens with one attached hydrogen (secondary N) is 2. The molecule has 7 nitrogen and oxygen atoms in total. The molecule has 4 amide bonds. The summed E-state index contributed by atoms with van der Waals surface area (Å²) in [7, 11) is 0. The van der Waals surface area contributed by atoms with Crippen molar-refractivity contribution in [2.24, 2.45) is 11.3 Å². The number of benzene rings is 1. The van der Waals surface area contributed by atoms with E-state index >= 15 is 0 Å². The number of anilines is 2. The van der Waals surface area contributed by atoms with Gasteiger partial charge in [-0.1, -0.05) is 32.9 Å². The second-order valence-corrected chi connectivity index (χ2v) is 10.4. The summed E-state index contributed by atoms with van der Waals surface area (Å²) in [5.74, 6) is -0.289. The van der Waals surface area contributed by atoms with Crippen molar-refractivity contribution in [1.82, 2.24) is 10.2 Å². The van der Waals surface area contributed by atoms with Crippen LogP contribution in [-0.2, 0) is 9.59 Å². The van der Waals surface area contributed by atoms with Gasteiger partial charge in [0, 0.05) is 13.1 Å². The molecule has 1 aromatic rings. The standard InChI is InChI=1S/C24H34N4O3/c1-17-13-23(2,3)16-24(14-17)21(30)28(22(31)26-24)15-20(29)25-18-9-5-6-10-19(18)27-11-7-4-8-12-27/h5-6,9-10,17H,4,7-8,11-16H2,1-3H3,(H,25,29)(H,26,31). The van der Waals surface area contributed by atoms with E-state index in [2.05, 4.69) is 36.3 Å². The third kappa shape index (κ3) is 4.41. The van der Waals surface area contributed by atoms with Gasteiger partial charge in [0.2, 0.25) is 5.91 Å². The number of amides is 4. The lowest BCUT2D eigenvalue weighted by molar-refractivity contribution is -0.136. The number of hydrogen-bond donors (Lipinski definition) is 2. The van der Waals surface area contributed by atoms with Crippen molar-refractivity contribution in [3.05, 3.63) is 24.3 Å². The second kappa shape index (κ2) is 8.17. The average Bonchev–Trinajstić information content (AvgIpc) is 2.90. The third-order valence-corrected chi connectivity index (χ3v) is 6.80. The van der Waals surface area contributed by atoms with E-state index < -0.39 is 11.6 Å². The Hall–Kier alpha value is -2.57. The van der Waals surface area contributed by atoms with E-state index in [0.29, 0.717) is 18.8 Å². The Kier molecular flexibility index (Phi) is 5.71. The van der Waals surface area contributed by atoms with Crippen LogP contribution in [0.25, 0.3) is 0 Å². The number of piperidine rings is 1. The zero-order valence-corrected chi connectivity index (χ0v) is 18.9. The monoisotopic (exact) mass is 426 g/mol. The maximum atomic E-state index is 13.3. The molecule has 1 saturated carbocycles. The van der Waals surface area contributed by atoms with Crippen LogP contribution in [0, 0.1) is 11.3 Å². The van der Waals surface area contributed by atoms with Crippen molar-refractivity contribution in [2.75, 3.05) is 29.9 Å². The van der Waals surface area contributed by atoms with Gasteiger partial charge in [0.05, 0.1) is 11.4 Å². The third-order valence-electron chi connectivity index (χ3n) is 6.80. The molecule has 2 aliphatic heterocycles. The van der Waals surface area contributed by atoms with Gasteiger partial charge in [-0.3, -0.25) is 14.5 Å². The molecule has 2 saturated heterocycles. The molecule has 2 atom stereocenters. The molecular formula is C24H34N4O3. The Morgan fingerprint density at radius 2 is 1.84 bits per heavy atom. The average molecular weight is 427 g/mol. The summed E-state index contributed by atoms with van der Waals surface area (Å²) in [5.41, 5.74) is 0.798. The first kappa shape index (κ1) is 21.7.